The van der Waals surface area contributed by atoms with Crippen LogP contribution in [0, 0.1) is 0 Å². The minimum absolute atomic E-state index is 0.0668. The Bertz CT molecular complexity index is 944. The first-order valence-electron chi connectivity index (χ1n) is 7.28. The summed E-state index contributed by atoms with van der Waals surface area (Å²) in [6, 6.07) is 9.45. The van der Waals surface area contributed by atoms with E-state index in [9.17, 15) is 19.5 Å². The number of thioether (sulfide) groups is 1. The largest absolute Gasteiger partial charge is 0.478 e. The van der Waals surface area contributed by atoms with Gasteiger partial charge < -0.3 is 5.11 Å². The molecule has 26 heavy (non-hydrogen) atoms. The SMILES string of the molecule is O=C(NN1C(=O)/C(=C\c2ccccc2C(=O)O)SC1=S)c1cccnc1. The maximum Gasteiger partial charge on any atom is 0.336 e. The van der Waals surface area contributed by atoms with Crippen molar-refractivity contribution in [1.29, 1.82) is 0 Å². The van der Waals surface area contributed by atoms with E-state index in [0.29, 0.717) is 5.56 Å². The first kappa shape index (κ1) is 17.8. The normalized spacial score (nSPS) is 15.4. The van der Waals surface area contributed by atoms with Crippen LogP contribution in [0.5, 0.6) is 0 Å². The zero-order valence-electron chi connectivity index (χ0n) is 13.1. The first-order valence-corrected chi connectivity index (χ1v) is 8.51. The second-order valence-corrected chi connectivity index (χ2v) is 6.77. The molecule has 2 N–H and O–H groups in total. The molecule has 0 aliphatic carbocycles. The van der Waals surface area contributed by atoms with Crippen molar-refractivity contribution in [2.24, 2.45) is 0 Å². The van der Waals surface area contributed by atoms with E-state index in [-0.39, 0.29) is 20.4 Å². The van der Waals surface area contributed by atoms with Crippen LogP contribution in [0.2, 0.25) is 0 Å². The summed E-state index contributed by atoms with van der Waals surface area (Å²) in [6.45, 7) is 0. The number of carbonyl (C=O) groups is 3. The number of benzene rings is 1. The summed E-state index contributed by atoms with van der Waals surface area (Å²) in [5, 5.41) is 10.2. The van der Waals surface area contributed by atoms with Crippen molar-refractivity contribution in [3.8, 4) is 0 Å². The monoisotopic (exact) mass is 385 g/mol. The van der Waals surface area contributed by atoms with Crippen LogP contribution in [-0.4, -0.2) is 37.2 Å². The van der Waals surface area contributed by atoms with Crippen molar-refractivity contribution >= 4 is 52.2 Å². The average molecular weight is 385 g/mol. The Labute approximate surface area is 157 Å². The summed E-state index contributed by atoms with van der Waals surface area (Å²) in [6.07, 6.45) is 4.34. The molecule has 1 aliphatic rings. The number of carbonyl (C=O) groups excluding carboxylic acids is 2. The number of pyridine rings is 1. The molecular formula is C17H11N3O4S2. The highest BCUT2D eigenvalue weighted by Crippen LogP contribution is 2.32. The third-order valence-corrected chi connectivity index (χ3v) is 4.71. The van der Waals surface area contributed by atoms with Gasteiger partial charge in [0.1, 0.15) is 0 Å². The highest BCUT2D eigenvalue weighted by atomic mass is 32.2. The van der Waals surface area contributed by atoms with Gasteiger partial charge >= 0.3 is 5.97 Å². The summed E-state index contributed by atoms with van der Waals surface area (Å²) < 4.78 is 0.145. The number of aromatic nitrogens is 1. The number of amides is 2. The van der Waals surface area contributed by atoms with Gasteiger partial charge in [-0.2, -0.15) is 5.01 Å². The maximum atomic E-state index is 12.5. The van der Waals surface area contributed by atoms with Gasteiger partial charge in [-0.1, -0.05) is 30.0 Å². The number of carboxylic acids is 1. The van der Waals surface area contributed by atoms with Gasteiger partial charge in [0.2, 0.25) is 0 Å². The first-order chi connectivity index (χ1) is 12.5. The molecule has 0 spiro atoms. The van der Waals surface area contributed by atoms with E-state index in [1.165, 1.54) is 24.5 Å². The Hall–Kier alpha value is -3.04. The van der Waals surface area contributed by atoms with Crippen LogP contribution in [0.15, 0.2) is 53.7 Å². The molecule has 1 saturated heterocycles. The van der Waals surface area contributed by atoms with Crippen LogP contribution < -0.4 is 5.43 Å². The van der Waals surface area contributed by atoms with Crippen molar-refractivity contribution < 1.29 is 19.5 Å². The van der Waals surface area contributed by atoms with Gasteiger partial charge in [0, 0.05) is 12.4 Å². The Balaban J connectivity index is 1.83. The predicted octanol–water partition coefficient (Wildman–Crippen LogP) is 2.33. The number of thiocarbonyl (C=S) groups is 1. The van der Waals surface area contributed by atoms with Crippen molar-refractivity contribution in [2.75, 3.05) is 0 Å². The summed E-state index contributed by atoms with van der Waals surface area (Å²) >= 11 is 6.12. The molecule has 1 aromatic carbocycles. The second-order valence-electron chi connectivity index (χ2n) is 5.09. The lowest BCUT2D eigenvalue weighted by Gasteiger charge is -2.15. The maximum absolute atomic E-state index is 12.5. The fourth-order valence-corrected chi connectivity index (χ4v) is 3.36. The fourth-order valence-electron chi connectivity index (χ4n) is 2.19. The van der Waals surface area contributed by atoms with Gasteiger partial charge in [-0.25, -0.2) is 4.79 Å². The van der Waals surface area contributed by atoms with Gasteiger partial charge in [-0.3, -0.25) is 20.0 Å². The minimum Gasteiger partial charge on any atom is -0.478 e. The second kappa shape index (κ2) is 7.46. The van der Waals surface area contributed by atoms with Crippen LogP contribution in [0.4, 0.5) is 0 Å². The van der Waals surface area contributed by atoms with Crippen molar-refractivity contribution in [3.05, 3.63) is 70.4 Å². The Kier molecular flexibility index (Phi) is 5.10. The topological polar surface area (TPSA) is 99.6 Å². The van der Waals surface area contributed by atoms with Crippen LogP contribution in [0.1, 0.15) is 26.3 Å². The number of rotatable bonds is 4. The zero-order valence-corrected chi connectivity index (χ0v) is 14.7. The lowest BCUT2D eigenvalue weighted by Crippen LogP contribution is -2.44. The van der Waals surface area contributed by atoms with E-state index >= 15 is 0 Å². The Morgan fingerprint density at radius 3 is 2.69 bits per heavy atom. The van der Waals surface area contributed by atoms with Crippen LogP contribution >= 0.6 is 24.0 Å². The quantitative estimate of drug-likeness (QED) is 0.615. The van der Waals surface area contributed by atoms with Crippen LogP contribution in [-0.2, 0) is 4.79 Å². The number of carboxylic acid groups (broad SMARTS) is 1. The van der Waals surface area contributed by atoms with Gasteiger partial charge in [0.25, 0.3) is 11.8 Å². The Morgan fingerprint density at radius 2 is 2.00 bits per heavy atom. The van der Waals surface area contributed by atoms with E-state index in [1.54, 1.807) is 30.3 Å². The molecule has 0 bridgehead atoms. The summed E-state index contributed by atoms with van der Waals surface area (Å²) in [5.74, 6) is -2.16. The molecule has 2 amide bonds. The van der Waals surface area contributed by atoms with E-state index < -0.39 is 17.8 Å². The number of nitrogens with zero attached hydrogens (tertiary/aromatic N) is 2. The minimum atomic E-state index is -1.10. The highest BCUT2D eigenvalue weighted by Gasteiger charge is 2.34. The fraction of sp³-hybridized carbons (Fsp3) is 0. The molecule has 130 valence electrons. The van der Waals surface area contributed by atoms with Crippen molar-refractivity contribution in [2.45, 2.75) is 0 Å². The van der Waals surface area contributed by atoms with Crippen LogP contribution in [0.3, 0.4) is 0 Å². The molecule has 0 radical (unpaired) electrons. The third-order valence-electron chi connectivity index (χ3n) is 3.41. The van der Waals surface area contributed by atoms with Crippen molar-refractivity contribution in [1.82, 2.24) is 15.4 Å². The standard InChI is InChI=1S/C17H11N3O4S2/c21-14(11-5-3-7-18-9-11)19-20-15(22)13(26-17(20)25)8-10-4-1-2-6-12(10)16(23)24/h1-9H,(H,19,21)(H,23,24)/b13-8+. The molecule has 9 heteroatoms. The van der Waals surface area contributed by atoms with Gasteiger partial charge in [-0.15, -0.1) is 0 Å². The smallest absolute Gasteiger partial charge is 0.336 e. The van der Waals surface area contributed by atoms with Gasteiger partial charge in [-0.05, 0) is 42.1 Å². The molecular weight excluding hydrogens is 374 g/mol. The number of hydrogen-bond acceptors (Lipinski definition) is 6. The van der Waals surface area contributed by atoms with E-state index in [2.05, 4.69) is 10.4 Å². The van der Waals surface area contributed by atoms with Crippen LogP contribution in [0.25, 0.3) is 6.08 Å². The predicted molar refractivity (Wildman–Crippen MR) is 100 cm³/mol. The number of hydrogen-bond donors (Lipinski definition) is 2. The van der Waals surface area contributed by atoms with E-state index in [4.69, 9.17) is 12.2 Å². The third kappa shape index (κ3) is 3.63. The molecule has 0 saturated carbocycles. The van der Waals surface area contributed by atoms with Gasteiger partial charge in [0.05, 0.1) is 16.0 Å². The molecule has 1 aromatic heterocycles. The molecule has 7 nitrogen and oxygen atoms in total. The van der Waals surface area contributed by atoms with E-state index in [0.717, 1.165) is 16.8 Å². The molecule has 2 heterocycles. The number of hydrazine groups is 1. The average Bonchev–Trinajstić information content (AvgIpc) is 2.90. The molecule has 1 aliphatic heterocycles. The number of aromatic carboxylic acids is 1. The zero-order chi connectivity index (χ0) is 18.7. The van der Waals surface area contributed by atoms with E-state index in [1.807, 2.05) is 0 Å². The molecule has 3 rings (SSSR count). The Morgan fingerprint density at radius 1 is 1.23 bits per heavy atom. The molecule has 1 fully saturated rings. The lowest BCUT2D eigenvalue weighted by atomic mass is 10.1. The number of nitrogens with one attached hydrogen (secondary N) is 1. The van der Waals surface area contributed by atoms with Gasteiger partial charge in [0.15, 0.2) is 4.32 Å². The van der Waals surface area contributed by atoms with Crippen molar-refractivity contribution in [3.63, 3.8) is 0 Å². The molecule has 0 atom stereocenters. The molecule has 2 aromatic rings. The summed E-state index contributed by atoms with van der Waals surface area (Å²) in [7, 11) is 0. The highest BCUT2D eigenvalue weighted by molar-refractivity contribution is 8.26. The summed E-state index contributed by atoms with van der Waals surface area (Å²) in [5.41, 5.74) is 3.15. The molecule has 0 unspecified atom stereocenters. The summed E-state index contributed by atoms with van der Waals surface area (Å²) in [4.78, 5) is 40.1. The lowest BCUT2D eigenvalue weighted by molar-refractivity contribution is -0.123.